The molecule has 1 atom stereocenters. The number of hydrogen-bond donors (Lipinski definition) is 1. The molecule has 0 fully saturated rings. The van der Waals surface area contributed by atoms with Crippen molar-refractivity contribution in [2.24, 2.45) is 0 Å². The van der Waals surface area contributed by atoms with E-state index in [1.807, 2.05) is 44.3 Å². The lowest BCUT2D eigenvalue weighted by Crippen LogP contribution is -2.07. The third kappa shape index (κ3) is 2.73. The van der Waals surface area contributed by atoms with E-state index < -0.39 is 6.10 Å². The smallest absolute Gasteiger partial charge is 0.138 e. The highest BCUT2D eigenvalue weighted by atomic mass is 16.5. The Morgan fingerprint density at radius 2 is 2.05 bits per heavy atom. The number of aliphatic hydroxyl groups excluding tert-OH is 1. The Hall–Kier alpha value is -2.40. The van der Waals surface area contributed by atoms with E-state index in [9.17, 15) is 5.11 Å². The number of pyridine rings is 2. The van der Waals surface area contributed by atoms with E-state index in [-0.39, 0.29) is 6.10 Å². The van der Waals surface area contributed by atoms with E-state index in [1.54, 1.807) is 23.1 Å². The average Bonchev–Trinajstić information content (AvgIpc) is 2.90. The van der Waals surface area contributed by atoms with Crippen molar-refractivity contribution in [3.8, 4) is 5.75 Å². The second kappa shape index (κ2) is 5.54. The molecule has 1 N–H and O–H groups in total. The summed E-state index contributed by atoms with van der Waals surface area (Å²) in [5, 5.41) is 14.8. The molecule has 0 bridgehead atoms. The summed E-state index contributed by atoms with van der Waals surface area (Å²) in [6, 6.07) is 7.55. The van der Waals surface area contributed by atoms with Gasteiger partial charge in [0.05, 0.1) is 24.0 Å². The predicted octanol–water partition coefficient (Wildman–Crippen LogP) is 2.60. The molecule has 5 nitrogen and oxygen atoms in total. The van der Waals surface area contributed by atoms with Gasteiger partial charge in [0, 0.05) is 23.5 Å². The molecule has 0 radical (unpaired) electrons. The van der Waals surface area contributed by atoms with Crippen LogP contribution in [0.5, 0.6) is 5.75 Å². The zero-order chi connectivity index (χ0) is 14.8. The monoisotopic (exact) mass is 283 g/mol. The van der Waals surface area contributed by atoms with E-state index in [4.69, 9.17) is 4.74 Å². The van der Waals surface area contributed by atoms with Crippen molar-refractivity contribution in [3.63, 3.8) is 0 Å². The molecule has 3 aromatic rings. The minimum absolute atomic E-state index is 0.0659. The highest BCUT2D eigenvalue weighted by Crippen LogP contribution is 2.27. The molecule has 3 heterocycles. The summed E-state index contributed by atoms with van der Waals surface area (Å²) in [6.45, 7) is 3.91. The van der Waals surface area contributed by atoms with Gasteiger partial charge in [-0.2, -0.15) is 5.10 Å². The molecule has 0 saturated heterocycles. The molecular weight excluding hydrogens is 266 g/mol. The molecule has 3 rings (SSSR count). The molecule has 0 amide bonds. The Morgan fingerprint density at radius 1 is 1.19 bits per heavy atom. The quantitative estimate of drug-likeness (QED) is 0.799. The number of rotatable bonds is 4. The maximum absolute atomic E-state index is 10.6. The standard InChI is InChI=1S/C16H17N3O2/c1-11(2)21-13-7-12(8-17-9-13)16(20)14-10-18-19-6-4-3-5-15(14)19/h3-11,16,20H,1-2H3. The van der Waals surface area contributed by atoms with Gasteiger partial charge < -0.3 is 9.84 Å². The first-order valence-corrected chi connectivity index (χ1v) is 6.87. The summed E-state index contributed by atoms with van der Waals surface area (Å²) in [4.78, 5) is 4.14. The van der Waals surface area contributed by atoms with Gasteiger partial charge >= 0.3 is 0 Å². The fraction of sp³-hybridized carbons (Fsp3) is 0.250. The number of aromatic nitrogens is 3. The minimum atomic E-state index is -0.784. The molecule has 5 heteroatoms. The van der Waals surface area contributed by atoms with Crippen molar-refractivity contribution >= 4 is 5.52 Å². The maximum Gasteiger partial charge on any atom is 0.138 e. The van der Waals surface area contributed by atoms with Crippen LogP contribution in [0, 0.1) is 0 Å². The van der Waals surface area contributed by atoms with Gasteiger partial charge in [0.2, 0.25) is 0 Å². The maximum atomic E-state index is 10.6. The number of nitrogens with zero attached hydrogens (tertiary/aromatic N) is 3. The third-order valence-electron chi connectivity index (χ3n) is 3.17. The minimum Gasteiger partial charge on any atom is -0.489 e. The van der Waals surface area contributed by atoms with Crippen molar-refractivity contribution in [2.75, 3.05) is 0 Å². The van der Waals surface area contributed by atoms with Gasteiger partial charge in [0.25, 0.3) is 0 Å². The van der Waals surface area contributed by atoms with Crippen LogP contribution in [0.25, 0.3) is 5.52 Å². The van der Waals surface area contributed by atoms with Crippen molar-refractivity contribution in [1.82, 2.24) is 14.6 Å². The van der Waals surface area contributed by atoms with E-state index >= 15 is 0 Å². The molecule has 0 saturated carbocycles. The lowest BCUT2D eigenvalue weighted by Gasteiger charge is -2.13. The third-order valence-corrected chi connectivity index (χ3v) is 3.17. The Labute approximate surface area is 122 Å². The van der Waals surface area contributed by atoms with Crippen LogP contribution in [-0.4, -0.2) is 25.8 Å². The summed E-state index contributed by atoms with van der Waals surface area (Å²) in [6.07, 6.45) is 6.10. The first-order chi connectivity index (χ1) is 10.1. The highest BCUT2D eigenvalue weighted by Gasteiger charge is 2.16. The van der Waals surface area contributed by atoms with Crippen molar-refractivity contribution in [3.05, 3.63) is 60.2 Å². The van der Waals surface area contributed by atoms with Crippen molar-refractivity contribution in [1.29, 1.82) is 0 Å². The Balaban J connectivity index is 1.96. The van der Waals surface area contributed by atoms with Gasteiger partial charge in [0.15, 0.2) is 0 Å². The topological polar surface area (TPSA) is 59.7 Å². The summed E-state index contributed by atoms with van der Waals surface area (Å²) in [5.41, 5.74) is 2.31. The number of aliphatic hydroxyl groups is 1. The Bertz CT molecular complexity index is 752. The van der Waals surface area contributed by atoms with Crippen LogP contribution in [0.3, 0.4) is 0 Å². The fourth-order valence-corrected chi connectivity index (χ4v) is 2.27. The molecule has 21 heavy (non-hydrogen) atoms. The Morgan fingerprint density at radius 3 is 2.86 bits per heavy atom. The van der Waals surface area contributed by atoms with Gasteiger partial charge in [0.1, 0.15) is 11.9 Å². The molecular formula is C16H17N3O2. The zero-order valence-electron chi connectivity index (χ0n) is 12.0. The molecule has 3 aromatic heterocycles. The number of fused-ring (bicyclic) bond motifs is 1. The van der Waals surface area contributed by atoms with Crippen LogP contribution in [0.15, 0.2) is 49.1 Å². The van der Waals surface area contributed by atoms with Gasteiger partial charge in [-0.3, -0.25) is 4.98 Å². The van der Waals surface area contributed by atoms with Gasteiger partial charge in [-0.25, -0.2) is 4.52 Å². The van der Waals surface area contributed by atoms with Crippen LogP contribution in [0.1, 0.15) is 31.1 Å². The predicted molar refractivity (Wildman–Crippen MR) is 79.3 cm³/mol. The lowest BCUT2D eigenvalue weighted by molar-refractivity contribution is 0.217. The van der Waals surface area contributed by atoms with E-state index in [2.05, 4.69) is 10.1 Å². The van der Waals surface area contributed by atoms with Crippen LogP contribution in [0.4, 0.5) is 0 Å². The van der Waals surface area contributed by atoms with E-state index in [0.717, 1.165) is 11.1 Å². The van der Waals surface area contributed by atoms with Gasteiger partial charge in [-0.15, -0.1) is 0 Å². The second-order valence-electron chi connectivity index (χ2n) is 5.15. The summed E-state index contributed by atoms with van der Waals surface area (Å²) < 4.78 is 7.35. The number of ether oxygens (including phenoxy) is 1. The normalized spacial score (nSPS) is 12.8. The Kier molecular flexibility index (Phi) is 3.58. The number of hydrogen-bond acceptors (Lipinski definition) is 4. The molecule has 0 aliphatic rings. The van der Waals surface area contributed by atoms with Crippen LogP contribution < -0.4 is 4.74 Å². The zero-order valence-corrected chi connectivity index (χ0v) is 12.0. The molecule has 0 aliphatic heterocycles. The summed E-state index contributed by atoms with van der Waals surface area (Å²) in [5.74, 6) is 0.651. The average molecular weight is 283 g/mol. The van der Waals surface area contributed by atoms with E-state index in [1.165, 1.54) is 0 Å². The van der Waals surface area contributed by atoms with Gasteiger partial charge in [-0.1, -0.05) is 6.07 Å². The molecule has 1 unspecified atom stereocenters. The summed E-state index contributed by atoms with van der Waals surface area (Å²) in [7, 11) is 0. The molecule has 108 valence electrons. The van der Waals surface area contributed by atoms with Crippen LogP contribution in [0.2, 0.25) is 0 Å². The molecule has 0 spiro atoms. The first-order valence-electron chi connectivity index (χ1n) is 6.87. The second-order valence-corrected chi connectivity index (χ2v) is 5.15. The summed E-state index contributed by atoms with van der Waals surface area (Å²) >= 11 is 0. The first kappa shape index (κ1) is 13.6. The SMILES string of the molecule is CC(C)Oc1cncc(C(O)c2cnn3ccccc23)c1. The van der Waals surface area contributed by atoms with Crippen LogP contribution >= 0.6 is 0 Å². The molecule has 0 aliphatic carbocycles. The van der Waals surface area contributed by atoms with Gasteiger partial charge in [-0.05, 0) is 32.0 Å². The van der Waals surface area contributed by atoms with Crippen molar-refractivity contribution < 1.29 is 9.84 Å². The van der Waals surface area contributed by atoms with Crippen molar-refractivity contribution in [2.45, 2.75) is 26.1 Å². The highest BCUT2D eigenvalue weighted by molar-refractivity contribution is 5.56. The lowest BCUT2D eigenvalue weighted by atomic mass is 10.0. The van der Waals surface area contributed by atoms with Crippen LogP contribution in [-0.2, 0) is 0 Å². The fourth-order valence-electron chi connectivity index (χ4n) is 2.27. The molecule has 0 aromatic carbocycles. The largest absolute Gasteiger partial charge is 0.489 e. The van der Waals surface area contributed by atoms with E-state index in [0.29, 0.717) is 11.3 Å².